The Bertz CT molecular complexity index is 46.3. The summed E-state index contributed by atoms with van der Waals surface area (Å²) in [5.74, 6) is 0.911. The van der Waals surface area contributed by atoms with Crippen LogP contribution in [0.1, 0.15) is 32.6 Å². The minimum atomic E-state index is 0. The predicted molar refractivity (Wildman–Crippen MR) is 31.9 cm³/mol. The average Bonchev–Trinajstić information content (AvgIpc) is 1.69. The van der Waals surface area contributed by atoms with E-state index in [0.29, 0.717) is 0 Å². The van der Waals surface area contributed by atoms with E-state index in [-0.39, 0.29) is 21.1 Å². The van der Waals surface area contributed by atoms with Crippen molar-refractivity contribution in [3.05, 3.63) is 6.42 Å². The van der Waals surface area contributed by atoms with Crippen LogP contribution in [0.4, 0.5) is 0 Å². The Morgan fingerprint density at radius 2 is 2.12 bits per heavy atom. The van der Waals surface area contributed by atoms with Crippen molar-refractivity contribution >= 4 is 0 Å². The van der Waals surface area contributed by atoms with Crippen LogP contribution in [0.15, 0.2) is 0 Å². The monoisotopic (exact) mass is 281 g/mol. The fraction of sp³-hybridized carbons (Fsp3) is 0.857. The normalized spacial score (nSPS) is 28.9. The molecule has 0 aromatic carbocycles. The molecule has 0 aromatic heterocycles. The SMILES string of the molecule is CC1[CH-]CCCC1.[W]. The van der Waals surface area contributed by atoms with Gasteiger partial charge in [-0.3, -0.25) is 0 Å². The Balaban J connectivity index is 0.000000490. The molecule has 1 fully saturated rings. The third-order valence-corrected chi connectivity index (χ3v) is 1.68. The van der Waals surface area contributed by atoms with Gasteiger partial charge in [0.1, 0.15) is 0 Å². The van der Waals surface area contributed by atoms with Gasteiger partial charge < -0.3 is 6.42 Å². The van der Waals surface area contributed by atoms with Gasteiger partial charge in [-0.2, -0.15) is 12.3 Å². The van der Waals surface area contributed by atoms with Crippen LogP contribution < -0.4 is 0 Å². The largest absolute Gasteiger partial charge is 0.326 e. The van der Waals surface area contributed by atoms with Crippen molar-refractivity contribution in [2.45, 2.75) is 32.6 Å². The Morgan fingerprint density at radius 3 is 2.38 bits per heavy atom. The summed E-state index contributed by atoms with van der Waals surface area (Å²) in [7, 11) is 0. The van der Waals surface area contributed by atoms with Crippen LogP contribution in [0.5, 0.6) is 0 Å². The molecule has 1 rings (SSSR count). The molecule has 0 aromatic rings. The molecule has 0 saturated heterocycles. The summed E-state index contributed by atoms with van der Waals surface area (Å²) in [6.07, 6.45) is 8.12. The fourth-order valence-corrected chi connectivity index (χ4v) is 1.13. The quantitative estimate of drug-likeness (QED) is 0.598. The van der Waals surface area contributed by atoms with Gasteiger partial charge in [0, 0.05) is 21.1 Å². The van der Waals surface area contributed by atoms with E-state index >= 15 is 0 Å². The van der Waals surface area contributed by atoms with E-state index in [1.807, 2.05) is 0 Å². The summed E-state index contributed by atoms with van der Waals surface area (Å²) in [5.41, 5.74) is 0. The minimum Gasteiger partial charge on any atom is -0.326 e. The Labute approximate surface area is 66.3 Å². The molecule has 1 saturated carbocycles. The topological polar surface area (TPSA) is 0 Å². The van der Waals surface area contributed by atoms with Gasteiger partial charge in [0.05, 0.1) is 0 Å². The van der Waals surface area contributed by atoms with E-state index in [4.69, 9.17) is 0 Å². The molecular weight excluding hydrogens is 268 g/mol. The number of rotatable bonds is 0. The second kappa shape index (κ2) is 4.56. The first-order valence-electron chi connectivity index (χ1n) is 3.23. The van der Waals surface area contributed by atoms with Crippen molar-refractivity contribution in [1.82, 2.24) is 0 Å². The zero-order chi connectivity index (χ0) is 5.11. The van der Waals surface area contributed by atoms with E-state index in [9.17, 15) is 0 Å². The third kappa shape index (κ3) is 2.87. The summed E-state index contributed by atoms with van der Waals surface area (Å²) in [6.45, 7) is 2.30. The fourth-order valence-electron chi connectivity index (χ4n) is 1.13. The molecular formula is C7H13W-. The molecule has 8 heavy (non-hydrogen) atoms. The van der Waals surface area contributed by atoms with Crippen molar-refractivity contribution in [3.63, 3.8) is 0 Å². The molecule has 0 amide bonds. The smallest absolute Gasteiger partial charge is 0 e. The van der Waals surface area contributed by atoms with Crippen molar-refractivity contribution in [2.75, 3.05) is 0 Å². The summed E-state index contributed by atoms with van der Waals surface area (Å²) >= 11 is 0. The van der Waals surface area contributed by atoms with Gasteiger partial charge in [-0.15, -0.1) is 0 Å². The first kappa shape index (κ1) is 8.69. The Hall–Kier alpha value is 0.688. The second-order valence-corrected chi connectivity index (χ2v) is 2.50. The zero-order valence-corrected chi connectivity index (χ0v) is 8.32. The Morgan fingerprint density at radius 1 is 1.38 bits per heavy atom. The van der Waals surface area contributed by atoms with Gasteiger partial charge in [0.25, 0.3) is 0 Å². The van der Waals surface area contributed by atoms with Crippen molar-refractivity contribution < 1.29 is 21.1 Å². The van der Waals surface area contributed by atoms with E-state index < -0.39 is 0 Å². The summed E-state index contributed by atoms with van der Waals surface area (Å²) in [4.78, 5) is 0. The molecule has 0 heterocycles. The third-order valence-electron chi connectivity index (χ3n) is 1.68. The van der Waals surface area contributed by atoms with Crippen LogP contribution in [0.2, 0.25) is 0 Å². The van der Waals surface area contributed by atoms with E-state index in [1.165, 1.54) is 25.7 Å². The molecule has 0 radical (unpaired) electrons. The molecule has 1 aliphatic rings. The predicted octanol–water partition coefficient (Wildman–Crippen LogP) is 2.40. The number of hydrogen-bond donors (Lipinski definition) is 0. The van der Waals surface area contributed by atoms with Gasteiger partial charge in [-0.25, -0.2) is 0 Å². The van der Waals surface area contributed by atoms with Crippen LogP contribution in [0, 0.1) is 12.3 Å². The van der Waals surface area contributed by atoms with Crippen molar-refractivity contribution in [2.24, 2.45) is 5.92 Å². The molecule has 0 aliphatic heterocycles. The molecule has 0 N–H and O–H groups in total. The zero-order valence-electron chi connectivity index (χ0n) is 5.39. The molecule has 48 valence electrons. The summed E-state index contributed by atoms with van der Waals surface area (Å²) in [6, 6.07) is 0. The van der Waals surface area contributed by atoms with Crippen LogP contribution in [0.3, 0.4) is 0 Å². The van der Waals surface area contributed by atoms with Crippen LogP contribution in [-0.2, 0) is 21.1 Å². The van der Waals surface area contributed by atoms with Crippen molar-refractivity contribution in [1.29, 1.82) is 0 Å². The van der Waals surface area contributed by atoms with Gasteiger partial charge in [0.15, 0.2) is 0 Å². The maximum Gasteiger partial charge on any atom is 0 e. The molecule has 0 spiro atoms. The average molecular weight is 281 g/mol. The number of hydrogen-bond acceptors (Lipinski definition) is 0. The van der Waals surface area contributed by atoms with Gasteiger partial charge >= 0.3 is 0 Å². The first-order valence-corrected chi connectivity index (χ1v) is 3.23. The minimum absolute atomic E-state index is 0. The first-order chi connectivity index (χ1) is 3.39. The molecule has 1 aliphatic carbocycles. The maximum absolute atomic E-state index is 2.43. The maximum atomic E-state index is 2.43. The summed E-state index contributed by atoms with van der Waals surface area (Å²) < 4.78 is 0. The van der Waals surface area contributed by atoms with Gasteiger partial charge in [-0.1, -0.05) is 26.2 Å². The van der Waals surface area contributed by atoms with Gasteiger partial charge in [0.2, 0.25) is 0 Å². The van der Waals surface area contributed by atoms with Crippen LogP contribution in [0.25, 0.3) is 0 Å². The molecule has 0 bridgehead atoms. The second-order valence-electron chi connectivity index (χ2n) is 2.50. The molecule has 0 nitrogen and oxygen atoms in total. The van der Waals surface area contributed by atoms with E-state index in [0.717, 1.165) is 5.92 Å². The van der Waals surface area contributed by atoms with E-state index in [2.05, 4.69) is 13.3 Å². The molecule has 1 heteroatoms. The van der Waals surface area contributed by atoms with Crippen LogP contribution >= 0.6 is 0 Å². The summed E-state index contributed by atoms with van der Waals surface area (Å²) in [5, 5.41) is 0. The van der Waals surface area contributed by atoms with Gasteiger partial charge in [-0.05, 0) is 0 Å². The van der Waals surface area contributed by atoms with E-state index in [1.54, 1.807) is 0 Å². The molecule has 1 atom stereocenters. The standard InChI is InChI=1S/C7H13.W/c1-7-5-3-2-4-6-7;/h5,7H,2-4,6H2,1H3;/q-1;. The molecule has 1 unspecified atom stereocenters. The van der Waals surface area contributed by atoms with Crippen molar-refractivity contribution in [3.8, 4) is 0 Å². The Kier molecular flexibility index (Phi) is 4.95. The van der Waals surface area contributed by atoms with Crippen LogP contribution in [-0.4, -0.2) is 0 Å².